The maximum atomic E-state index is 13.9. The summed E-state index contributed by atoms with van der Waals surface area (Å²) in [6.07, 6.45) is 3.47. The van der Waals surface area contributed by atoms with Gasteiger partial charge in [-0.1, -0.05) is 12.1 Å². The van der Waals surface area contributed by atoms with Crippen LogP contribution in [0, 0.1) is 5.82 Å². The number of halogens is 1. The van der Waals surface area contributed by atoms with E-state index in [1.807, 2.05) is 0 Å². The minimum atomic E-state index is -3.87. The molecule has 0 N–H and O–H groups in total. The maximum absolute atomic E-state index is 13.9. The number of hydrogen-bond acceptors (Lipinski definition) is 4. The Bertz CT molecular complexity index is 776. The summed E-state index contributed by atoms with van der Waals surface area (Å²) in [7, 11) is -2.09. The van der Waals surface area contributed by atoms with E-state index in [4.69, 9.17) is 0 Å². The molecule has 0 radical (unpaired) electrons. The molecule has 118 valence electrons. The predicted octanol–water partition coefficient (Wildman–Crippen LogP) is 2.04. The van der Waals surface area contributed by atoms with Crippen molar-refractivity contribution in [3.63, 3.8) is 0 Å². The quantitative estimate of drug-likeness (QED) is 0.857. The Morgan fingerprint density at radius 3 is 2.82 bits per heavy atom. The molecule has 1 aliphatic heterocycles. The van der Waals surface area contributed by atoms with Crippen molar-refractivity contribution in [3.8, 4) is 0 Å². The van der Waals surface area contributed by atoms with Crippen LogP contribution in [0.4, 0.5) is 4.39 Å². The summed E-state index contributed by atoms with van der Waals surface area (Å²) in [5.74, 6) is 0.620. The third-order valence-electron chi connectivity index (χ3n) is 3.61. The summed E-state index contributed by atoms with van der Waals surface area (Å²) in [5.41, 5.74) is 0.828. The number of nitrogens with zero attached hydrogens (tertiary/aromatic N) is 3. The molecule has 0 spiro atoms. The molecular formula is C14H16FN3O2S2. The predicted molar refractivity (Wildman–Crippen MR) is 83.6 cm³/mol. The molecule has 1 saturated heterocycles. The molecule has 22 heavy (non-hydrogen) atoms. The Balaban J connectivity index is 2.02. The normalized spacial score (nSPS) is 20.2. The fourth-order valence-electron chi connectivity index (χ4n) is 2.53. The summed E-state index contributed by atoms with van der Waals surface area (Å²) in [4.78, 5) is -0.268. The molecular weight excluding hydrogens is 325 g/mol. The molecule has 0 saturated carbocycles. The molecule has 5 nitrogen and oxygen atoms in total. The van der Waals surface area contributed by atoms with Crippen LogP contribution in [0.1, 0.15) is 11.6 Å². The minimum Gasteiger partial charge on any atom is -0.275 e. The van der Waals surface area contributed by atoms with Crippen molar-refractivity contribution in [1.82, 2.24) is 14.1 Å². The first kappa shape index (κ1) is 15.5. The van der Waals surface area contributed by atoms with Crippen LogP contribution in [0.5, 0.6) is 0 Å². The van der Waals surface area contributed by atoms with Gasteiger partial charge in [0.2, 0.25) is 10.0 Å². The molecule has 1 aliphatic rings. The van der Waals surface area contributed by atoms with Gasteiger partial charge in [0.1, 0.15) is 10.7 Å². The van der Waals surface area contributed by atoms with Crippen LogP contribution in [0.3, 0.4) is 0 Å². The highest BCUT2D eigenvalue weighted by Crippen LogP contribution is 2.34. The van der Waals surface area contributed by atoms with E-state index >= 15 is 0 Å². The van der Waals surface area contributed by atoms with Crippen LogP contribution >= 0.6 is 11.8 Å². The molecule has 2 heterocycles. The molecule has 2 aromatic rings. The molecule has 0 bridgehead atoms. The van der Waals surface area contributed by atoms with Crippen molar-refractivity contribution in [2.45, 2.75) is 10.9 Å². The van der Waals surface area contributed by atoms with Crippen LogP contribution in [-0.4, -0.2) is 40.6 Å². The van der Waals surface area contributed by atoms with E-state index in [0.29, 0.717) is 18.1 Å². The Kier molecular flexibility index (Phi) is 4.24. The highest BCUT2D eigenvalue weighted by atomic mass is 32.2. The first-order chi connectivity index (χ1) is 10.5. The van der Waals surface area contributed by atoms with E-state index in [9.17, 15) is 12.8 Å². The number of aryl methyl sites for hydroxylation is 1. The lowest BCUT2D eigenvalue weighted by Gasteiger charge is -2.33. The standard InChI is InChI=1S/C14H16FN3O2S2/c1-17-9-11(8-16-17)13-10-21-7-6-18(13)22(19,20)14-5-3-2-4-12(14)15/h2-5,8-9,13H,6-7,10H2,1H3/t13-/m0/s1. The average Bonchev–Trinajstić information content (AvgIpc) is 2.94. The van der Waals surface area contributed by atoms with Crippen molar-refractivity contribution in [3.05, 3.63) is 48.0 Å². The zero-order valence-corrected chi connectivity index (χ0v) is 13.6. The monoisotopic (exact) mass is 341 g/mol. The van der Waals surface area contributed by atoms with Gasteiger partial charge in [-0.2, -0.15) is 21.2 Å². The summed E-state index contributed by atoms with van der Waals surface area (Å²) in [5, 5.41) is 4.11. The lowest BCUT2D eigenvalue weighted by atomic mass is 10.2. The van der Waals surface area contributed by atoms with Gasteiger partial charge >= 0.3 is 0 Å². The number of sulfonamides is 1. The van der Waals surface area contributed by atoms with Crippen LogP contribution in [0.15, 0.2) is 41.6 Å². The fourth-order valence-corrected chi connectivity index (χ4v) is 5.51. The van der Waals surface area contributed by atoms with Gasteiger partial charge in [-0.05, 0) is 12.1 Å². The highest BCUT2D eigenvalue weighted by molar-refractivity contribution is 7.99. The lowest BCUT2D eigenvalue weighted by molar-refractivity contribution is 0.353. The average molecular weight is 341 g/mol. The molecule has 8 heteroatoms. The van der Waals surface area contributed by atoms with E-state index in [-0.39, 0.29) is 10.9 Å². The third kappa shape index (κ3) is 2.78. The van der Waals surface area contributed by atoms with Gasteiger partial charge in [-0.15, -0.1) is 0 Å². The van der Waals surface area contributed by atoms with Crippen LogP contribution in [0.25, 0.3) is 0 Å². The fraction of sp³-hybridized carbons (Fsp3) is 0.357. The minimum absolute atomic E-state index is 0.268. The van der Waals surface area contributed by atoms with E-state index in [0.717, 1.165) is 5.56 Å². The van der Waals surface area contributed by atoms with Crippen molar-refractivity contribution in [1.29, 1.82) is 0 Å². The van der Waals surface area contributed by atoms with Crippen molar-refractivity contribution < 1.29 is 12.8 Å². The zero-order chi connectivity index (χ0) is 15.7. The lowest BCUT2D eigenvalue weighted by Crippen LogP contribution is -2.40. The largest absolute Gasteiger partial charge is 0.275 e. The van der Waals surface area contributed by atoms with Crippen molar-refractivity contribution >= 4 is 21.8 Å². The summed E-state index contributed by atoms with van der Waals surface area (Å²) in [6.45, 7) is 0.362. The second-order valence-corrected chi connectivity index (χ2v) is 8.09. The van der Waals surface area contributed by atoms with Gasteiger partial charge in [0.25, 0.3) is 0 Å². The molecule has 1 fully saturated rings. The first-order valence-electron chi connectivity index (χ1n) is 6.83. The topological polar surface area (TPSA) is 55.2 Å². The van der Waals surface area contributed by atoms with Gasteiger partial charge < -0.3 is 0 Å². The molecule has 0 unspecified atom stereocenters. The van der Waals surface area contributed by atoms with Gasteiger partial charge in [0, 0.05) is 36.9 Å². The summed E-state index contributed by atoms with van der Waals surface area (Å²) >= 11 is 1.69. The van der Waals surface area contributed by atoms with Crippen LogP contribution < -0.4 is 0 Å². The molecule has 0 amide bonds. The van der Waals surface area contributed by atoms with Crippen LogP contribution in [0.2, 0.25) is 0 Å². The van der Waals surface area contributed by atoms with Gasteiger partial charge in [0.05, 0.1) is 12.2 Å². The Morgan fingerprint density at radius 1 is 1.36 bits per heavy atom. The van der Waals surface area contributed by atoms with Crippen LogP contribution in [-0.2, 0) is 17.1 Å². The Labute approximate surface area is 133 Å². The molecule has 3 rings (SSSR count). The maximum Gasteiger partial charge on any atom is 0.246 e. The zero-order valence-electron chi connectivity index (χ0n) is 12.0. The summed E-state index contributed by atoms with van der Waals surface area (Å²) in [6, 6.07) is 5.18. The second-order valence-electron chi connectivity index (χ2n) is 5.08. The van der Waals surface area contributed by atoms with E-state index in [2.05, 4.69) is 5.10 Å². The molecule has 0 aliphatic carbocycles. The first-order valence-corrected chi connectivity index (χ1v) is 9.42. The molecule has 1 aromatic carbocycles. The molecule has 1 atom stereocenters. The number of thioether (sulfide) groups is 1. The SMILES string of the molecule is Cn1cc([C@@H]2CSCCN2S(=O)(=O)c2ccccc2F)cn1. The molecule has 1 aromatic heterocycles. The summed E-state index contributed by atoms with van der Waals surface area (Å²) < 4.78 is 42.7. The van der Waals surface area contributed by atoms with E-state index < -0.39 is 15.8 Å². The van der Waals surface area contributed by atoms with Crippen molar-refractivity contribution in [2.75, 3.05) is 18.1 Å². The van der Waals surface area contributed by atoms with Gasteiger partial charge in [0.15, 0.2) is 0 Å². The smallest absolute Gasteiger partial charge is 0.246 e. The number of benzene rings is 1. The van der Waals surface area contributed by atoms with Gasteiger partial charge in [-0.3, -0.25) is 4.68 Å². The van der Waals surface area contributed by atoms with Crippen molar-refractivity contribution in [2.24, 2.45) is 7.05 Å². The van der Waals surface area contributed by atoms with Gasteiger partial charge in [-0.25, -0.2) is 12.8 Å². The number of aromatic nitrogens is 2. The Morgan fingerprint density at radius 2 is 2.14 bits per heavy atom. The van der Waals surface area contributed by atoms with E-state index in [1.54, 1.807) is 35.9 Å². The number of rotatable bonds is 3. The highest BCUT2D eigenvalue weighted by Gasteiger charge is 2.36. The third-order valence-corrected chi connectivity index (χ3v) is 6.58. The van der Waals surface area contributed by atoms with E-state index in [1.165, 1.54) is 28.6 Å². The number of hydrogen-bond donors (Lipinski definition) is 0. The Hall–Kier alpha value is -1.38. The second kappa shape index (κ2) is 6.02.